The second-order valence-electron chi connectivity index (χ2n) is 4.81. The van der Waals surface area contributed by atoms with Crippen LogP contribution in [0.3, 0.4) is 0 Å². The van der Waals surface area contributed by atoms with Crippen LogP contribution in [-0.2, 0) is 0 Å². The highest BCUT2D eigenvalue weighted by Crippen LogP contribution is 2.29. The molecule has 0 fully saturated rings. The Hall–Kier alpha value is -1.75. The molecule has 20 heavy (non-hydrogen) atoms. The monoisotopic (exact) mass is 334 g/mol. The zero-order valence-corrected chi connectivity index (χ0v) is 12.4. The van der Waals surface area contributed by atoms with Crippen LogP contribution in [0.5, 0.6) is 0 Å². The molecule has 1 N–H and O–H groups in total. The average molecular weight is 335 g/mol. The van der Waals surface area contributed by atoms with Crippen molar-refractivity contribution in [3.8, 4) is 0 Å². The summed E-state index contributed by atoms with van der Waals surface area (Å²) < 4.78 is 13.6. The summed E-state index contributed by atoms with van der Waals surface area (Å²) in [4.78, 5) is 19.2. The summed E-state index contributed by atoms with van der Waals surface area (Å²) in [5, 5.41) is 2.62. The van der Waals surface area contributed by atoms with Crippen molar-refractivity contribution in [3.05, 3.63) is 52.3 Å². The van der Waals surface area contributed by atoms with Crippen LogP contribution in [-0.4, -0.2) is 15.3 Å². The summed E-state index contributed by atoms with van der Waals surface area (Å²) in [6, 6.07) is 6.24. The molecule has 102 valence electrons. The minimum atomic E-state index is -0.356. The first-order chi connectivity index (χ1) is 9.61. The van der Waals surface area contributed by atoms with Crippen LogP contribution in [0.25, 0.3) is 21.7 Å². The van der Waals surface area contributed by atoms with Crippen molar-refractivity contribution >= 4 is 37.6 Å². The fourth-order valence-electron chi connectivity index (χ4n) is 2.41. The molecule has 0 spiro atoms. The lowest BCUT2D eigenvalue weighted by atomic mass is 9.99. The molecule has 0 radical (unpaired) electrons. The molecular formula is C15H12BrFN2O. The van der Waals surface area contributed by atoms with Crippen molar-refractivity contribution in [2.45, 2.75) is 12.8 Å². The van der Waals surface area contributed by atoms with Crippen molar-refractivity contribution in [1.29, 1.82) is 0 Å². The van der Waals surface area contributed by atoms with Gasteiger partial charge in [0.05, 0.1) is 16.6 Å². The number of benzene rings is 1. The predicted molar refractivity (Wildman–Crippen MR) is 82.0 cm³/mol. The Labute approximate surface area is 123 Å². The Morgan fingerprint density at radius 1 is 1.35 bits per heavy atom. The van der Waals surface area contributed by atoms with Gasteiger partial charge in [-0.25, -0.2) is 4.39 Å². The fraction of sp³-hybridized carbons (Fsp3) is 0.200. The van der Waals surface area contributed by atoms with Crippen LogP contribution in [0.15, 0.2) is 35.3 Å². The number of pyridine rings is 2. The maximum absolute atomic E-state index is 13.6. The molecule has 1 atom stereocenters. The number of alkyl halides is 1. The quantitative estimate of drug-likeness (QED) is 0.573. The number of H-pyrrole nitrogens is 1. The first-order valence-electron chi connectivity index (χ1n) is 6.28. The molecule has 0 aliphatic carbocycles. The number of aromatic amines is 1. The van der Waals surface area contributed by atoms with E-state index in [2.05, 4.69) is 25.9 Å². The zero-order valence-electron chi connectivity index (χ0n) is 10.8. The Morgan fingerprint density at radius 3 is 2.90 bits per heavy atom. The molecule has 3 aromatic rings. The number of hydrogen-bond acceptors (Lipinski definition) is 2. The largest absolute Gasteiger partial charge is 0.328 e. The third kappa shape index (κ3) is 2.02. The Kier molecular flexibility index (Phi) is 3.30. The van der Waals surface area contributed by atoms with Gasteiger partial charge in [-0.1, -0.05) is 22.9 Å². The minimum Gasteiger partial charge on any atom is -0.328 e. The van der Waals surface area contributed by atoms with E-state index in [-0.39, 0.29) is 17.3 Å². The third-order valence-electron chi connectivity index (χ3n) is 3.40. The highest BCUT2D eigenvalue weighted by atomic mass is 79.9. The topological polar surface area (TPSA) is 45.8 Å². The summed E-state index contributed by atoms with van der Waals surface area (Å²) in [7, 11) is 0. The Balaban J connectivity index is 2.56. The van der Waals surface area contributed by atoms with Crippen molar-refractivity contribution < 1.29 is 4.39 Å². The van der Waals surface area contributed by atoms with Gasteiger partial charge >= 0.3 is 0 Å². The summed E-state index contributed by atoms with van der Waals surface area (Å²) in [6.07, 6.45) is 1.56. The van der Waals surface area contributed by atoms with Crippen molar-refractivity contribution in [3.63, 3.8) is 0 Å². The average Bonchev–Trinajstić information content (AvgIpc) is 2.45. The second-order valence-corrected chi connectivity index (χ2v) is 5.46. The van der Waals surface area contributed by atoms with Crippen molar-refractivity contribution in [2.24, 2.45) is 0 Å². The molecule has 3 rings (SSSR count). The van der Waals surface area contributed by atoms with Gasteiger partial charge in [-0.05, 0) is 24.3 Å². The van der Waals surface area contributed by atoms with E-state index in [4.69, 9.17) is 0 Å². The maximum atomic E-state index is 13.6. The summed E-state index contributed by atoms with van der Waals surface area (Å²) >= 11 is 3.45. The standard InChI is InChI=1S/C15H12BrFN2O/c1-8(7-16)14-10-3-2-9(17)6-11(10)13-12(19-14)4-5-18-15(13)20/h2-6,8H,7H2,1H3,(H,18,20). The maximum Gasteiger partial charge on any atom is 0.258 e. The lowest BCUT2D eigenvalue weighted by Gasteiger charge is -2.13. The summed E-state index contributed by atoms with van der Waals surface area (Å²) in [5.74, 6) is -0.183. The second kappa shape index (κ2) is 4.98. The van der Waals surface area contributed by atoms with Gasteiger partial charge in [-0.3, -0.25) is 9.78 Å². The number of nitrogens with one attached hydrogen (secondary N) is 1. The molecule has 5 heteroatoms. The van der Waals surface area contributed by atoms with Crippen LogP contribution >= 0.6 is 15.9 Å². The predicted octanol–water partition coefficient (Wildman–Crippen LogP) is 3.71. The number of hydrogen-bond donors (Lipinski definition) is 1. The van der Waals surface area contributed by atoms with E-state index in [0.717, 1.165) is 16.4 Å². The molecule has 3 nitrogen and oxygen atoms in total. The normalized spacial score (nSPS) is 12.9. The fourth-order valence-corrected chi connectivity index (χ4v) is 2.71. The van der Waals surface area contributed by atoms with Gasteiger partial charge in [0.2, 0.25) is 0 Å². The molecule has 2 aromatic heterocycles. The van der Waals surface area contributed by atoms with Gasteiger partial charge in [-0.2, -0.15) is 0 Å². The van der Waals surface area contributed by atoms with E-state index in [1.54, 1.807) is 18.3 Å². The molecule has 1 aromatic carbocycles. The molecule has 0 aliphatic rings. The number of nitrogens with zero attached hydrogens (tertiary/aromatic N) is 1. The molecule has 1 unspecified atom stereocenters. The molecule has 0 bridgehead atoms. The third-order valence-corrected chi connectivity index (χ3v) is 4.38. The minimum absolute atomic E-state index is 0.173. The van der Waals surface area contributed by atoms with E-state index in [9.17, 15) is 9.18 Å². The molecule has 0 saturated heterocycles. The smallest absolute Gasteiger partial charge is 0.258 e. The molecule has 0 aliphatic heterocycles. The summed E-state index contributed by atoms with van der Waals surface area (Å²) in [5.41, 5.74) is 1.22. The van der Waals surface area contributed by atoms with Crippen LogP contribution < -0.4 is 5.56 Å². The first kappa shape index (κ1) is 13.2. The zero-order chi connectivity index (χ0) is 14.3. The lowest BCUT2D eigenvalue weighted by Crippen LogP contribution is -2.09. The van der Waals surface area contributed by atoms with E-state index >= 15 is 0 Å². The Bertz CT molecular complexity index is 859. The molecule has 0 amide bonds. The van der Waals surface area contributed by atoms with Crippen LogP contribution in [0.4, 0.5) is 4.39 Å². The first-order valence-corrected chi connectivity index (χ1v) is 7.40. The SMILES string of the molecule is CC(CBr)c1nc2cc[nH]c(=O)c2c2cc(F)ccc12. The van der Waals surface area contributed by atoms with Gasteiger partial charge in [0.15, 0.2) is 0 Å². The highest BCUT2D eigenvalue weighted by molar-refractivity contribution is 9.09. The van der Waals surface area contributed by atoms with Gasteiger partial charge in [0.1, 0.15) is 5.82 Å². The van der Waals surface area contributed by atoms with E-state index in [1.807, 2.05) is 6.92 Å². The molecule has 2 heterocycles. The lowest BCUT2D eigenvalue weighted by molar-refractivity contribution is 0.629. The van der Waals surface area contributed by atoms with Gasteiger partial charge in [0, 0.05) is 28.2 Å². The number of fused-ring (bicyclic) bond motifs is 3. The van der Waals surface area contributed by atoms with Gasteiger partial charge < -0.3 is 4.98 Å². The summed E-state index contributed by atoms with van der Waals surface area (Å²) in [6.45, 7) is 2.04. The molecular weight excluding hydrogens is 323 g/mol. The van der Waals surface area contributed by atoms with Crippen LogP contribution in [0.2, 0.25) is 0 Å². The van der Waals surface area contributed by atoms with Gasteiger partial charge in [-0.15, -0.1) is 0 Å². The Morgan fingerprint density at radius 2 is 2.15 bits per heavy atom. The van der Waals surface area contributed by atoms with Crippen molar-refractivity contribution in [2.75, 3.05) is 5.33 Å². The molecule has 0 saturated carbocycles. The number of rotatable bonds is 2. The number of aromatic nitrogens is 2. The van der Waals surface area contributed by atoms with E-state index < -0.39 is 0 Å². The number of halogens is 2. The highest BCUT2D eigenvalue weighted by Gasteiger charge is 2.15. The van der Waals surface area contributed by atoms with E-state index in [1.165, 1.54) is 12.1 Å². The van der Waals surface area contributed by atoms with E-state index in [0.29, 0.717) is 16.3 Å². The van der Waals surface area contributed by atoms with Gasteiger partial charge in [0.25, 0.3) is 5.56 Å². The van der Waals surface area contributed by atoms with Crippen molar-refractivity contribution in [1.82, 2.24) is 9.97 Å². The van der Waals surface area contributed by atoms with Crippen LogP contribution in [0, 0.1) is 5.82 Å². The van der Waals surface area contributed by atoms with Crippen LogP contribution in [0.1, 0.15) is 18.5 Å².